The molecular weight excluding hydrogens is 432 g/mol. The molecule has 1 N–H and O–H groups in total. The van der Waals surface area contributed by atoms with Crippen LogP contribution in [0.3, 0.4) is 0 Å². The Morgan fingerprint density at radius 3 is 2.68 bits per heavy atom. The van der Waals surface area contributed by atoms with Gasteiger partial charge >= 0.3 is 0 Å². The van der Waals surface area contributed by atoms with Gasteiger partial charge in [0.1, 0.15) is 11.8 Å². The molecule has 158 valence electrons. The van der Waals surface area contributed by atoms with Crippen molar-refractivity contribution in [2.24, 2.45) is 0 Å². The van der Waals surface area contributed by atoms with E-state index in [4.69, 9.17) is 26.4 Å². The number of ketones is 1. The summed E-state index contributed by atoms with van der Waals surface area (Å²) in [6, 6.07) is 15.3. The molecule has 31 heavy (non-hydrogen) atoms. The summed E-state index contributed by atoms with van der Waals surface area (Å²) in [5, 5.41) is 9.53. The number of nitrogens with zero attached hydrogens (tertiary/aromatic N) is 3. The second kappa shape index (κ2) is 8.40. The van der Waals surface area contributed by atoms with Crippen LogP contribution in [0.1, 0.15) is 36.4 Å². The van der Waals surface area contributed by atoms with E-state index in [-0.39, 0.29) is 11.8 Å². The Labute approximate surface area is 189 Å². The molecule has 0 saturated heterocycles. The van der Waals surface area contributed by atoms with Crippen LogP contribution in [-0.4, -0.2) is 27.7 Å². The number of benzene rings is 2. The second-order valence-electron chi connectivity index (χ2n) is 7.55. The summed E-state index contributed by atoms with van der Waals surface area (Å²) in [6.45, 7) is 0. The van der Waals surface area contributed by atoms with Crippen LogP contribution in [0.4, 0.5) is 5.95 Å². The molecule has 0 radical (unpaired) electrons. The monoisotopic (exact) mass is 452 g/mol. The number of hydrogen-bond acceptors (Lipinski definition) is 6. The molecule has 1 aliphatic carbocycles. The number of Topliss-reactive ketones (excluding diaryl/α,β-unsaturated/α-hetero) is 1. The van der Waals surface area contributed by atoms with Gasteiger partial charge in [-0.05, 0) is 48.2 Å². The van der Waals surface area contributed by atoms with Crippen molar-refractivity contribution in [1.82, 2.24) is 14.8 Å². The molecule has 0 fully saturated rings. The van der Waals surface area contributed by atoms with Crippen LogP contribution in [0.2, 0.25) is 5.02 Å². The lowest BCUT2D eigenvalue weighted by atomic mass is 9.85. The van der Waals surface area contributed by atoms with Crippen molar-refractivity contribution in [3.63, 3.8) is 0 Å². The molecule has 3 aromatic rings. The van der Waals surface area contributed by atoms with E-state index in [0.29, 0.717) is 17.5 Å². The van der Waals surface area contributed by atoms with Gasteiger partial charge in [-0.3, -0.25) is 4.79 Å². The van der Waals surface area contributed by atoms with E-state index >= 15 is 0 Å². The van der Waals surface area contributed by atoms with E-state index in [9.17, 15) is 4.79 Å². The Balaban J connectivity index is 1.49. The number of ether oxygens (including phenoxy) is 1. The summed E-state index contributed by atoms with van der Waals surface area (Å²) < 4.78 is 7.14. The van der Waals surface area contributed by atoms with E-state index in [1.165, 1.54) is 0 Å². The number of allylic oxidation sites excluding steroid dienone is 2. The number of aromatic nitrogens is 3. The average molecular weight is 453 g/mol. The van der Waals surface area contributed by atoms with Crippen LogP contribution < -0.4 is 10.1 Å². The smallest absolute Gasteiger partial charge is 0.227 e. The highest BCUT2D eigenvalue weighted by molar-refractivity contribution is 7.98. The van der Waals surface area contributed by atoms with Gasteiger partial charge in [-0.25, -0.2) is 4.68 Å². The zero-order chi connectivity index (χ0) is 21.4. The largest absolute Gasteiger partial charge is 0.497 e. The number of carbonyl (C=O) groups excluding carboxylic acids is 1. The molecule has 1 aromatic heterocycles. The SMILES string of the molecule is COc1ccc([C@H]2C3=C(CCCC3=O)Nc3nc(SCc4ccc(Cl)cc4)nn32)cc1. The highest BCUT2D eigenvalue weighted by atomic mass is 35.5. The minimum Gasteiger partial charge on any atom is -0.497 e. The first kappa shape index (κ1) is 20.2. The van der Waals surface area contributed by atoms with Crippen molar-refractivity contribution in [2.75, 3.05) is 12.4 Å². The third-order valence-electron chi connectivity index (χ3n) is 5.56. The minimum atomic E-state index is -0.290. The number of hydrogen-bond donors (Lipinski definition) is 1. The van der Waals surface area contributed by atoms with E-state index in [0.717, 1.165) is 51.8 Å². The fraction of sp³-hybridized carbons (Fsp3) is 0.261. The van der Waals surface area contributed by atoms with Gasteiger partial charge in [0.15, 0.2) is 5.78 Å². The van der Waals surface area contributed by atoms with Gasteiger partial charge in [0.05, 0.1) is 7.11 Å². The average Bonchev–Trinajstić information content (AvgIpc) is 3.20. The maximum atomic E-state index is 12.9. The Morgan fingerprint density at radius 1 is 1.16 bits per heavy atom. The number of halogens is 1. The first-order valence-corrected chi connectivity index (χ1v) is 11.5. The zero-order valence-corrected chi connectivity index (χ0v) is 18.5. The van der Waals surface area contributed by atoms with Crippen LogP contribution in [-0.2, 0) is 10.5 Å². The van der Waals surface area contributed by atoms with Crippen LogP contribution in [0.5, 0.6) is 5.75 Å². The number of fused-ring (bicyclic) bond motifs is 1. The van der Waals surface area contributed by atoms with Gasteiger partial charge in [-0.2, -0.15) is 4.98 Å². The van der Waals surface area contributed by atoms with Crippen LogP contribution in [0.15, 0.2) is 65.0 Å². The number of methoxy groups -OCH3 is 1. The summed E-state index contributed by atoms with van der Waals surface area (Å²) >= 11 is 7.54. The minimum absolute atomic E-state index is 0.172. The maximum Gasteiger partial charge on any atom is 0.227 e. The predicted molar refractivity (Wildman–Crippen MR) is 122 cm³/mol. The molecule has 5 rings (SSSR count). The first-order valence-electron chi connectivity index (χ1n) is 10.1. The molecule has 6 nitrogen and oxygen atoms in total. The molecule has 2 aromatic carbocycles. The van der Waals surface area contributed by atoms with Crippen molar-refractivity contribution in [3.05, 3.63) is 76.0 Å². The third kappa shape index (κ3) is 3.95. The van der Waals surface area contributed by atoms with Crippen molar-refractivity contribution in [2.45, 2.75) is 36.2 Å². The van der Waals surface area contributed by atoms with Crippen LogP contribution in [0.25, 0.3) is 0 Å². The van der Waals surface area contributed by atoms with Gasteiger partial charge in [-0.15, -0.1) is 5.10 Å². The summed E-state index contributed by atoms with van der Waals surface area (Å²) in [5.74, 6) is 2.36. The number of carbonyl (C=O) groups is 1. The molecule has 2 heterocycles. The summed E-state index contributed by atoms with van der Waals surface area (Å²) in [4.78, 5) is 17.6. The quantitative estimate of drug-likeness (QED) is 0.533. The number of rotatable bonds is 5. The molecule has 2 aliphatic rings. The number of nitrogens with one attached hydrogen (secondary N) is 1. The lowest BCUT2D eigenvalue weighted by molar-refractivity contribution is -0.116. The Morgan fingerprint density at radius 2 is 1.94 bits per heavy atom. The Hall–Kier alpha value is -2.77. The molecule has 0 unspecified atom stereocenters. The van der Waals surface area contributed by atoms with E-state index in [2.05, 4.69) is 5.32 Å². The fourth-order valence-electron chi connectivity index (χ4n) is 4.02. The summed E-state index contributed by atoms with van der Waals surface area (Å²) in [5.41, 5.74) is 3.90. The zero-order valence-electron chi connectivity index (χ0n) is 17.0. The third-order valence-corrected chi connectivity index (χ3v) is 6.72. The van der Waals surface area contributed by atoms with Gasteiger partial charge in [0.25, 0.3) is 0 Å². The van der Waals surface area contributed by atoms with Gasteiger partial charge in [0, 0.05) is 28.5 Å². The topological polar surface area (TPSA) is 69.0 Å². The normalized spacial score (nSPS) is 17.7. The first-order chi connectivity index (χ1) is 15.1. The molecule has 0 amide bonds. The highest BCUT2D eigenvalue weighted by Crippen LogP contribution is 2.41. The molecule has 0 bridgehead atoms. The van der Waals surface area contributed by atoms with E-state index < -0.39 is 0 Å². The van der Waals surface area contributed by atoms with Crippen LogP contribution >= 0.6 is 23.4 Å². The fourth-order valence-corrected chi connectivity index (χ4v) is 4.93. The lowest BCUT2D eigenvalue weighted by Gasteiger charge is -2.32. The van der Waals surface area contributed by atoms with Crippen molar-refractivity contribution in [3.8, 4) is 5.75 Å². The standard InChI is InChI=1S/C23H21ClN4O2S/c1-30-17-11-7-15(8-12-17)21-20-18(3-2-4-19(20)29)25-22-26-23(27-28(21)22)31-13-14-5-9-16(24)10-6-14/h5-12,21H,2-4,13H2,1H3,(H,25,26,27)/t21-/m0/s1. The molecule has 8 heteroatoms. The number of thioether (sulfide) groups is 1. The van der Waals surface area contributed by atoms with Crippen molar-refractivity contribution in [1.29, 1.82) is 0 Å². The molecular formula is C23H21ClN4O2S. The molecule has 1 aliphatic heterocycles. The van der Waals surface area contributed by atoms with E-state index in [1.807, 2.05) is 53.2 Å². The van der Waals surface area contributed by atoms with Gasteiger partial charge in [-0.1, -0.05) is 47.6 Å². The highest BCUT2D eigenvalue weighted by Gasteiger charge is 2.36. The van der Waals surface area contributed by atoms with Crippen molar-refractivity contribution < 1.29 is 9.53 Å². The predicted octanol–water partition coefficient (Wildman–Crippen LogP) is 5.25. The maximum absolute atomic E-state index is 12.9. The van der Waals surface area contributed by atoms with Crippen molar-refractivity contribution >= 4 is 35.1 Å². The molecule has 0 spiro atoms. The Kier molecular flexibility index (Phi) is 5.46. The summed E-state index contributed by atoms with van der Waals surface area (Å²) in [7, 11) is 1.64. The Bertz CT molecular complexity index is 1160. The number of anilines is 1. The lowest BCUT2D eigenvalue weighted by Crippen LogP contribution is -2.31. The van der Waals surface area contributed by atoms with Crippen LogP contribution in [0, 0.1) is 0 Å². The summed E-state index contributed by atoms with van der Waals surface area (Å²) in [6.07, 6.45) is 2.26. The molecule has 1 atom stereocenters. The van der Waals surface area contributed by atoms with Gasteiger partial charge < -0.3 is 10.1 Å². The van der Waals surface area contributed by atoms with Gasteiger partial charge in [0.2, 0.25) is 11.1 Å². The molecule has 0 saturated carbocycles. The van der Waals surface area contributed by atoms with E-state index in [1.54, 1.807) is 18.9 Å². The second-order valence-corrected chi connectivity index (χ2v) is 8.93.